The van der Waals surface area contributed by atoms with E-state index in [0.29, 0.717) is 32.3 Å². The van der Waals surface area contributed by atoms with Crippen LogP contribution in [0.3, 0.4) is 0 Å². The Morgan fingerprint density at radius 3 is 2.21 bits per heavy atom. The highest BCUT2D eigenvalue weighted by Crippen LogP contribution is 1.99. The highest BCUT2D eigenvalue weighted by atomic mass is 16.5. The van der Waals surface area contributed by atoms with Crippen molar-refractivity contribution in [2.45, 2.75) is 52.4 Å². The van der Waals surface area contributed by atoms with E-state index in [1.54, 1.807) is 0 Å². The number of hydrogen-bond acceptors (Lipinski definition) is 3. The van der Waals surface area contributed by atoms with E-state index in [4.69, 9.17) is 4.74 Å². The maximum absolute atomic E-state index is 11.1. The van der Waals surface area contributed by atoms with E-state index in [0.717, 1.165) is 12.8 Å². The predicted molar refractivity (Wildman–Crippen MR) is 55.0 cm³/mol. The summed E-state index contributed by atoms with van der Waals surface area (Å²) in [6.45, 7) is 4.31. The molecule has 0 radical (unpaired) electrons. The van der Waals surface area contributed by atoms with Crippen molar-refractivity contribution in [3.8, 4) is 0 Å². The van der Waals surface area contributed by atoms with Crippen LogP contribution in [-0.2, 0) is 14.3 Å². The molecular weight excluding hydrogens is 180 g/mol. The summed E-state index contributed by atoms with van der Waals surface area (Å²) in [4.78, 5) is 22.0. The van der Waals surface area contributed by atoms with Crippen LogP contribution >= 0.6 is 0 Å². The summed E-state index contributed by atoms with van der Waals surface area (Å²) >= 11 is 0. The second kappa shape index (κ2) is 8.73. The van der Waals surface area contributed by atoms with Crippen LogP contribution in [0.1, 0.15) is 52.4 Å². The van der Waals surface area contributed by atoms with Gasteiger partial charge in [0.05, 0.1) is 6.61 Å². The molecule has 14 heavy (non-hydrogen) atoms. The molecule has 0 unspecified atom stereocenters. The van der Waals surface area contributed by atoms with E-state index in [1.165, 1.54) is 0 Å². The lowest BCUT2D eigenvalue weighted by Crippen LogP contribution is -2.06. The second-order valence-corrected chi connectivity index (χ2v) is 3.36. The third-order valence-electron chi connectivity index (χ3n) is 1.85. The van der Waals surface area contributed by atoms with Crippen molar-refractivity contribution in [2.24, 2.45) is 0 Å². The van der Waals surface area contributed by atoms with Gasteiger partial charge in [-0.2, -0.15) is 0 Å². The zero-order valence-corrected chi connectivity index (χ0v) is 9.17. The predicted octanol–water partition coefficient (Wildman–Crippen LogP) is 2.48. The average molecular weight is 200 g/mol. The van der Waals surface area contributed by atoms with E-state index < -0.39 is 0 Å². The van der Waals surface area contributed by atoms with Gasteiger partial charge < -0.3 is 4.74 Å². The molecule has 0 spiro atoms. The minimum atomic E-state index is -0.157. The summed E-state index contributed by atoms with van der Waals surface area (Å²) in [5, 5.41) is 0. The van der Waals surface area contributed by atoms with Crippen LogP contribution in [0.4, 0.5) is 0 Å². The van der Waals surface area contributed by atoms with Crippen LogP contribution in [0.25, 0.3) is 0 Å². The zero-order valence-electron chi connectivity index (χ0n) is 9.17. The monoisotopic (exact) mass is 200 g/mol. The first-order valence-electron chi connectivity index (χ1n) is 5.38. The quantitative estimate of drug-likeness (QED) is 0.446. The van der Waals surface area contributed by atoms with Crippen molar-refractivity contribution >= 4 is 11.8 Å². The van der Waals surface area contributed by atoms with Gasteiger partial charge in [0.15, 0.2) is 0 Å². The Labute approximate surface area is 85.8 Å². The fraction of sp³-hybridized carbons (Fsp3) is 0.818. The molecule has 0 aliphatic rings. The maximum Gasteiger partial charge on any atom is 0.305 e. The van der Waals surface area contributed by atoms with E-state index in [2.05, 4.69) is 0 Å². The molecule has 82 valence electrons. The van der Waals surface area contributed by atoms with Gasteiger partial charge in [-0.1, -0.05) is 13.8 Å². The zero-order chi connectivity index (χ0) is 10.8. The lowest BCUT2D eigenvalue weighted by atomic mass is 10.1. The number of Topliss-reactive ketones (excluding diaryl/α,β-unsaturated/α-hetero) is 1. The van der Waals surface area contributed by atoms with Crippen molar-refractivity contribution in [1.29, 1.82) is 0 Å². The summed E-state index contributed by atoms with van der Waals surface area (Å²) in [6, 6.07) is 0. The van der Waals surface area contributed by atoms with E-state index in [-0.39, 0.29) is 11.8 Å². The molecule has 0 aliphatic heterocycles. The van der Waals surface area contributed by atoms with Crippen LogP contribution in [0, 0.1) is 0 Å². The van der Waals surface area contributed by atoms with Crippen molar-refractivity contribution < 1.29 is 14.3 Å². The maximum atomic E-state index is 11.1. The van der Waals surface area contributed by atoms with E-state index in [1.807, 2.05) is 13.8 Å². The molecule has 0 bridgehead atoms. The van der Waals surface area contributed by atoms with E-state index >= 15 is 0 Å². The summed E-state index contributed by atoms with van der Waals surface area (Å²) in [5.74, 6) is 0.106. The highest BCUT2D eigenvalue weighted by Gasteiger charge is 2.02. The number of carbonyl (C=O) groups excluding carboxylic acids is 2. The third-order valence-corrected chi connectivity index (χ3v) is 1.85. The molecule has 0 aromatic heterocycles. The van der Waals surface area contributed by atoms with Gasteiger partial charge in [-0.25, -0.2) is 0 Å². The molecular formula is C11H20O3. The number of carbonyl (C=O) groups is 2. The summed E-state index contributed by atoms with van der Waals surface area (Å²) in [7, 11) is 0. The number of hydrogen-bond donors (Lipinski definition) is 0. The molecule has 0 N–H and O–H groups in total. The Morgan fingerprint density at radius 2 is 1.64 bits per heavy atom. The fourth-order valence-electron chi connectivity index (χ4n) is 1.14. The Bertz CT molecular complexity index is 155. The largest absolute Gasteiger partial charge is 0.466 e. The second-order valence-electron chi connectivity index (χ2n) is 3.36. The summed E-state index contributed by atoms with van der Waals surface area (Å²) in [5.41, 5.74) is 0. The van der Waals surface area contributed by atoms with Gasteiger partial charge in [0, 0.05) is 19.3 Å². The molecule has 0 fully saturated rings. The number of ketones is 1. The van der Waals surface area contributed by atoms with Gasteiger partial charge in [-0.05, 0) is 19.3 Å². The Morgan fingerprint density at radius 1 is 1.00 bits per heavy atom. The first-order valence-corrected chi connectivity index (χ1v) is 5.38. The van der Waals surface area contributed by atoms with Gasteiger partial charge in [0.25, 0.3) is 0 Å². The number of rotatable bonds is 8. The molecule has 0 heterocycles. The minimum absolute atomic E-state index is 0.157. The summed E-state index contributed by atoms with van der Waals surface area (Å²) in [6.07, 6.45) is 4.02. The third kappa shape index (κ3) is 7.77. The molecule has 0 aromatic carbocycles. The van der Waals surface area contributed by atoms with E-state index in [9.17, 15) is 9.59 Å². The minimum Gasteiger partial charge on any atom is -0.466 e. The fourth-order valence-corrected chi connectivity index (χ4v) is 1.14. The van der Waals surface area contributed by atoms with Crippen molar-refractivity contribution in [3.63, 3.8) is 0 Å². The topological polar surface area (TPSA) is 43.4 Å². The SMILES string of the molecule is CCCC(=O)CCCOC(=O)CCC. The Kier molecular flexibility index (Phi) is 8.19. The molecule has 0 aliphatic carbocycles. The first kappa shape index (κ1) is 13.1. The van der Waals surface area contributed by atoms with Crippen LogP contribution in [0.15, 0.2) is 0 Å². The molecule has 0 atom stereocenters. The Balaban J connectivity index is 3.28. The van der Waals surface area contributed by atoms with Gasteiger partial charge in [-0.3, -0.25) is 9.59 Å². The molecule has 0 aromatic rings. The molecule has 0 saturated heterocycles. The smallest absolute Gasteiger partial charge is 0.305 e. The van der Waals surface area contributed by atoms with Gasteiger partial charge >= 0.3 is 5.97 Å². The summed E-state index contributed by atoms with van der Waals surface area (Å²) < 4.78 is 4.92. The number of esters is 1. The Hall–Kier alpha value is -0.860. The molecule has 0 rings (SSSR count). The van der Waals surface area contributed by atoms with Crippen molar-refractivity contribution in [3.05, 3.63) is 0 Å². The van der Waals surface area contributed by atoms with Crippen LogP contribution < -0.4 is 0 Å². The molecule has 0 saturated carbocycles. The van der Waals surface area contributed by atoms with Gasteiger partial charge in [-0.15, -0.1) is 0 Å². The van der Waals surface area contributed by atoms with Crippen LogP contribution in [0.2, 0.25) is 0 Å². The molecule has 3 heteroatoms. The standard InChI is InChI=1S/C11H20O3/c1-3-6-10(12)8-5-9-14-11(13)7-4-2/h3-9H2,1-2H3. The normalized spacial score (nSPS) is 9.86. The highest BCUT2D eigenvalue weighted by molar-refractivity contribution is 5.78. The number of ether oxygens (including phenoxy) is 1. The lowest BCUT2D eigenvalue weighted by molar-refractivity contribution is -0.144. The van der Waals surface area contributed by atoms with Crippen LogP contribution in [0.5, 0.6) is 0 Å². The first-order chi connectivity index (χ1) is 6.70. The average Bonchev–Trinajstić information content (AvgIpc) is 2.13. The van der Waals surface area contributed by atoms with Gasteiger partial charge in [0.1, 0.15) is 5.78 Å². The molecule has 0 amide bonds. The van der Waals surface area contributed by atoms with Crippen LogP contribution in [-0.4, -0.2) is 18.4 Å². The van der Waals surface area contributed by atoms with Gasteiger partial charge in [0.2, 0.25) is 0 Å². The van der Waals surface area contributed by atoms with Crippen molar-refractivity contribution in [1.82, 2.24) is 0 Å². The van der Waals surface area contributed by atoms with Crippen molar-refractivity contribution in [2.75, 3.05) is 6.61 Å². The molecule has 3 nitrogen and oxygen atoms in total. The lowest BCUT2D eigenvalue weighted by Gasteiger charge is -2.02.